The van der Waals surface area contributed by atoms with Gasteiger partial charge in [-0.1, -0.05) is 71.7 Å². The average Bonchev–Trinajstić information content (AvgIpc) is 2.72. The summed E-state index contributed by atoms with van der Waals surface area (Å²) in [6.45, 7) is 1.93. The van der Waals surface area contributed by atoms with E-state index < -0.39 is 9.84 Å². The zero-order valence-electron chi connectivity index (χ0n) is 15.4. The fourth-order valence-corrected chi connectivity index (χ4v) is 4.73. The molecule has 142 valence electrons. The highest BCUT2D eigenvalue weighted by Crippen LogP contribution is 2.32. The Morgan fingerprint density at radius 2 is 1.71 bits per heavy atom. The number of hydrogen-bond acceptors (Lipinski definition) is 4. The molecule has 0 saturated heterocycles. The minimum Gasteiger partial charge on any atom is -0.235 e. The third kappa shape index (κ3) is 4.32. The minimum atomic E-state index is -3.68. The molecule has 0 fully saturated rings. The van der Waals surface area contributed by atoms with Gasteiger partial charge in [0, 0.05) is 15.6 Å². The van der Waals surface area contributed by atoms with Crippen molar-refractivity contribution in [1.82, 2.24) is 4.98 Å². The van der Waals surface area contributed by atoms with Crippen molar-refractivity contribution in [3.8, 4) is 28.5 Å². The van der Waals surface area contributed by atoms with Crippen LogP contribution in [-0.4, -0.2) is 19.2 Å². The van der Waals surface area contributed by atoms with Gasteiger partial charge in [-0.25, -0.2) is 13.4 Å². The van der Waals surface area contributed by atoms with Gasteiger partial charge >= 0.3 is 0 Å². The van der Waals surface area contributed by atoms with Gasteiger partial charge in [-0.05, 0) is 30.2 Å². The molecule has 3 rings (SSSR count). The second-order valence-corrected chi connectivity index (χ2v) is 9.33. The van der Waals surface area contributed by atoms with Crippen LogP contribution in [0.15, 0.2) is 70.2 Å². The van der Waals surface area contributed by atoms with Crippen molar-refractivity contribution < 1.29 is 8.42 Å². The highest BCUT2D eigenvalue weighted by molar-refractivity contribution is 9.10. The molecule has 0 radical (unpaired) electrons. The molecule has 28 heavy (non-hydrogen) atoms. The van der Waals surface area contributed by atoms with Crippen LogP contribution in [0.1, 0.15) is 25.3 Å². The maximum absolute atomic E-state index is 13.0. The molecule has 0 amide bonds. The third-order valence-corrected chi connectivity index (χ3v) is 6.62. The second kappa shape index (κ2) is 8.68. The lowest BCUT2D eigenvalue weighted by Crippen LogP contribution is -2.12. The van der Waals surface area contributed by atoms with Crippen LogP contribution < -0.4 is 0 Å². The quantitative estimate of drug-likeness (QED) is 0.484. The third-order valence-electron chi connectivity index (χ3n) is 4.38. The van der Waals surface area contributed by atoms with Gasteiger partial charge in [-0.15, -0.1) is 0 Å². The van der Waals surface area contributed by atoms with Gasteiger partial charge in [0.15, 0.2) is 14.9 Å². The molecule has 0 spiro atoms. The fourth-order valence-electron chi connectivity index (χ4n) is 2.90. The Balaban J connectivity index is 2.30. The van der Waals surface area contributed by atoms with E-state index >= 15 is 0 Å². The summed E-state index contributed by atoms with van der Waals surface area (Å²) in [4.78, 5) is 4.43. The van der Waals surface area contributed by atoms with Crippen LogP contribution in [0, 0.1) is 11.3 Å². The van der Waals surface area contributed by atoms with E-state index in [4.69, 9.17) is 0 Å². The number of sulfone groups is 1. The Kier molecular flexibility index (Phi) is 6.28. The zero-order valence-corrected chi connectivity index (χ0v) is 17.8. The highest BCUT2D eigenvalue weighted by atomic mass is 79.9. The second-order valence-electron chi connectivity index (χ2n) is 6.39. The SMILES string of the molecule is CCCCS(=O)(=O)c1nc(-c2ccc(Br)cc2)cc(-c2ccccc2)c1C#N. The standard InChI is InChI=1S/C22H19BrN2O2S/c1-2-3-13-28(26,27)22-20(15-24)19(16-7-5-4-6-8-16)14-21(25-22)17-9-11-18(23)12-10-17/h4-12,14H,2-3,13H2,1H3. The Hall–Kier alpha value is -2.49. The molecule has 0 N–H and O–H groups in total. The van der Waals surface area contributed by atoms with E-state index in [9.17, 15) is 13.7 Å². The van der Waals surface area contributed by atoms with Crippen LogP contribution in [0.3, 0.4) is 0 Å². The van der Waals surface area contributed by atoms with Crippen molar-refractivity contribution in [2.75, 3.05) is 5.75 Å². The summed E-state index contributed by atoms with van der Waals surface area (Å²) in [6, 6.07) is 20.7. The summed E-state index contributed by atoms with van der Waals surface area (Å²) >= 11 is 3.41. The summed E-state index contributed by atoms with van der Waals surface area (Å²) in [5, 5.41) is 9.65. The topological polar surface area (TPSA) is 70.8 Å². The van der Waals surface area contributed by atoms with Gasteiger partial charge < -0.3 is 0 Å². The smallest absolute Gasteiger partial charge is 0.196 e. The minimum absolute atomic E-state index is 0.0246. The lowest BCUT2D eigenvalue weighted by atomic mass is 9.99. The van der Waals surface area contributed by atoms with E-state index in [1.165, 1.54) is 0 Å². The van der Waals surface area contributed by atoms with E-state index in [1.807, 2.05) is 61.5 Å². The maximum atomic E-state index is 13.0. The molecule has 0 aliphatic rings. The molecule has 0 unspecified atom stereocenters. The molecular weight excluding hydrogens is 436 g/mol. The van der Waals surface area contributed by atoms with Gasteiger partial charge in [-0.2, -0.15) is 5.26 Å². The molecule has 6 heteroatoms. The van der Waals surface area contributed by atoms with Gasteiger partial charge in [-0.3, -0.25) is 0 Å². The van der Waals surface area contributed by atoms with Gasteiger partial charge in [0.1, 0.15) is 6.07 Å². The molecule has 0 atom stereocenters. The number of benzene rings is 2. The molecule has 1 heterocycles. The van der Waals surface area contributed by atoms with E-state index in [1.54, 1.807) is 6.07 Å². The fraction of sp³-hybridized carbons (Fsp3) is 0.182. The largest absolute Gasteiger partial charge is 0.235 e. The van der Waals surface area contributed by atoms with E-state index in [0.29, 0.717) is 17.7 Å². The summed E-state index contributed by atoms with van der Waals surface area (Å²) in [7, 11) is -3.68. The van der Waals surface area contributed by atoms with Crippen molar-refractivity contribution in [3.05, 3.63) is 70.7 Å². The van der Waals surface area contributed by atoms with Crippen molar-refractivity contribution in [2.24, 2.45) is 0 Å². The van der Waals surface area contributed by atoms with Crippen molar-refractivity contribution >= 4 is 25.8 Å². The Labute approximate surface area is 173 Å². The van der Waals surface area contributed by atoms with Crippen molar-refractivity contribution in [1.29, 1.82) is 5.26 Å². The molecular formula is C22H19BrN2O2S. The zero-order chi connectivity index (χ0) is 20.1. The maximum Gasteiger partial charge on any atom is 0.196 e. The highest BCUT2D eigenvalue weighted by Gasteiger charge is 2.25. The Bertz CT molecular complexity index is 1120. The lowest BCUT2D eigenvalue weighted by Gasteiger charge is -2.13. The normalized spacial score (nSPS) is 11.2. The first-order valence-electron chi connectivity index (χ1n) is 8.95. The first-order chi connectivity index (χ1) is 13.5. The van der Waals surface area contributed by atoms with E-state index in [0.717, 1.165) is 22.0 Å². The first-order valence-corrected chi connectivity index (χ1v) is 11.4. The number of aromatic nitrogens is 1. The van der Waals surface area contributed by atoms with Crippen LogP contribution in [0.25, 0.3) is 22.4 Å². The molecule has 0 saturated carbocycles. The molecule has 1 aromatic heterocycles. The number of hydrogen-bond donors (Lipinski definition) is 0. The first kappa shape index (κ1) is 20.2. The average molecular weight is 455 g/mol. The number of rotatable bonds is 6. The molecule has 4 nitrogen and oxygen atoms in total. The van der Waals surface area contributed by atoms with E-state index in [-0.39, 0.29) is 16.3 Å². The predicted molar refractivity (Wildman–Crippen MR) is 114 cm³/mol. The Morgan fingerprint density at radius 1 is 1.04 bits per heavy atom. The van der Waals surface area contributed by atoms with Crippen molar-refractivity contribution in [3.63, 3.8) is 0 Å². The number of nitriles is 1. The Morgan fingerprint density at radius 3 is 2.32 bits per heavy atom. The van der Waals surface area contributed by atoms with Crippen LogP contribution in [0.4, 0.5) is 0 Å². The summed E-state index contributed by atoms with van der Waals surface area (Å²) in [5.74, 6) is -0.0246. The summed E-state index contributed by atoms with van der Waals surface area (Å²) in [5.41, 5.74) is 2.78. The van der Waals surface area contributed by atoms with Gasteiger partial charge in [0.25, 0.3) is 0 Å². The lowest BCUT2D eigenvalue weighted by molar-refractivity contribution is 0.589. The molecule has 2 aromatic carbocycles. The number of pyridine rings is 1. The summed E-state index contributed by atoms with van der Waals surface area (Å²) in [6.07, 6.45) is 1.27. The van der Waals surface area contributed by atoms with Crippen LogP contribution in [0.5, 0.6) is 0 Å². The summed E-state index contributed by atoms with van der Waals surface area (Å²) < 4.78 is 26.9. The van der Waals surface area contributed by atoms with Gasteiger partial charge in [0.05, 0.1) is 17.0 Å². The number of unbranched alkanes of at least 4 members (excludes halogenated alkanes) is 1. The van der Waals surface area contributed by atoms with Crippen molar-refractivity contribution in [2.45, 2.75) is 24.8 Å². The molecule has 0 aliphatic carbocycles. The monoisotopic (exact) mass is 454 g/mol. The molecule has 0 bridgehead atoms. The predicted octanol–water partition coefficient (Wildman–Crippen LogP) is 5.62. The number of halogens is 1. The molecule has 3 aromatic rings. The van der Waals surface area contributed by atoms with Gasteiger partial charge in [0.2, 0.25) is 0 Å². The molecule has 0 aliphatic heterocycles. The van der Waals surface area contributed by atoms with Crippen LogP contribution in [0.2, 0.25) is 0 Å². The van der Waals surface area contributed by atoms with Crippen LogP contribution >= 0.6 is 15.9 Å². The number of nitrogens with zero attached hydrogens (tertiary/aromatic N) is 2. The van der Waals surface area contributed by atoms with E-state index in [2.05, 4.69) is 27.0 Å². The van der Waals surface area contributed by atoms with Crippen LogP contribution in [-0.2, 0) is 9.84 Å².